The van der Waals surface area contributed by atoms with Gasteiger partial charge in [0.15, 0.2) is 5.96 Å². The molecule has 6 nitrogen and oxygen atoms in total. The summed E-state index contributed by atoms with van der Waals surface area (Å²) in [5, 5.41) is 9.85. The number of guanidine groups is 1. The minimum atomic E-state index is -0.00959. The lowest BCUT2D eigenvalue weighted by Crippen LogP contribution is -2.44. The predicted molar refractivity (Wildman–Crippen MR) is 124 cm³/mol. The molecule has 0 spiro atoms. The number of para-hydroxylation sites is 1. The number of hydrogen-bond acceptors (Lipinski definition) is 3. The number of nitrogens with one attached hydrogen (secondary N) is 3. The van der Waals surface area contributed by atoms with Gasteiger partial charge in [0.2, 0.25) is 0 Å². The van der Waals surface area contributed by atoms with E-state index in [1.54, 1.807) is 7.05 Å². The van der Waals surface area contributed by atoms with Crippen molar-refractivity contribution >= 4 is 17.6 Å². The molecule has 1 atom stereocenters. The molecule has 3 rings (SSSR count). The maximum Gasteiger partial charge on any atom is 0.251 e. The molecule has 2 aromatic carbocycles. The van der Waals surface area contributed by atoms with E-state index in [2.05, 4.69) is 57.0 Å². The third-order valence-corrected chi connectivity index (χ3v) is 5.37. The molecule has 1 heterocycles. The zero-order chi connectivity index (χ0) is 21.2. The highest BCUT2D eigenvalue weighted by molar-refractivity contribution is 5.94. The molecule has 30 heavy (non-hydrogen) atoms. The van der Waals surface area contributed by atoms with Gasteiger partial charge in [0.1, 0.15) is 0 Å². The average Bonchev–Trinajstić information content (AvgIpc) is 3.26. The lowest BCUT2D eigenvalue weighted by Gasteiger charge is -2.20. The van der Waals surface area contributed by atoms with Crippen LogP contribution >= 0.6 is 0 Å². The fraction of sp³-hybridized carbons (Fsp3) is 0.417. The Morgan fingerprint density at radius 3 is 2.57 bits per heavy atom. The number of carbonyl (C=O) groups is 1. The van der Waals surface area contributed by atoms with E-state index in [0.29, 0.717) is 18.2 Å². The van der Waals surface area contributed by atoms with Gasteiger partial charge < -0.3 is 20.9 Å². The molecule has 1 aliphatic rings. The summed E-state index contributed by atoms with van der Waals surface area (Å²) in [7, 11) is 1.79. The number of carbonyl (C=O) groups excluding carboxylic acids is 1. The molecule has 0 radical (unpaired) electrons. The van der Waals surface area contributed by atoms with Crippen LogP contribution in [0.25, 0.3) is 0 Å². The largest absolute Gasteiger partial charge is 0.369 e. The Balaban J connectivity index is 1.45. The van der Waals surface area contributed by atoms with Gasteiger partial charge in [0.05, 0.1) is 0 Å². The maximum atomic E-state index is 12.1. The molecule has 160 valence electrons. The molecule has 1 amide bonds. The van der Waals surface area contributed by atoms with Crippen LogP contribution in [-0.4, -0.2) is 44.6 Å². The standard InChI is InChI=1S/C24H33N5O/c1-3-4-15-26-23(30)20-12-10-19(11-13-20)17-27-24(25-2)28-21-14-16-29(18-21)22-8-6-5-7-9-22/h5-13,21H,3-4,14-18H2,1-2H3,(H,26,30)(H2,25,27,28). The van der Waals surface area contributed by atoms with Crippen LogP contribution in [0, 0.1) is 0 Å². The van der Waals surface area contributed by atoms with Gasteiger partial charge in [-0.2, -0.15) is 0 Å². The minimum Gasteiger partial charge on any atom is -0.369 e. The summed E-state index contributed by atoms with van der Waals surface area (Å²) in [6.45, 7) is 5.51. The number of nitrogens with zero attached hydrogens (tertiary/aromatic N) is 2. The quantitative estimate of drug-likeness (QED) is 0.357. The highest BCUT2D eigenvalue weighted by Gasteiger charge is 2.23. The van der Waals surface area contributed by atoms with Crippen LogP contribution in [0.4, 0.5) is 5.69 Å². The number of hydrogen-bond donors (Lipinski definition) is 3. The number of aliphatic imine (C=N–C) groups is 1. The van der Waals surface area contributed by atoms with Gasteiger partial charge in [0.25, 0.3) is 5.91 Å². The van der Waals surface area contributed by atoms with Crippen molar-refractivity contribution in [3.8, 4) is 0 Å². The molecule has 6 heteroatoms. The van der Waals surface area contributed by atoms with E-state index in [4.69, 9.17) is 0 Å². The third kappa shape index (κ3) is 6.24. The average molecular weight is 408 g/mol. The Bertz CT molecular complexity index is 819. The van der Waals surface area contributed by atoms with Crippen molar-refractivity contribution in [2.75, 3.05) is 31.6 Å². The smallest absolute Gasteiger partial charge is 0.251 e. The van der Waals surface area contributed by atoms with Gasteiger partial charge in [0, 0.05) is 50.5 Å². The molecule has 0 aromatic heterocycles. The number of amides is 1. The van der Waals surface area contributed by atoms with Gasteiger partial charge >= 0.3 is 0 Å². The van der Waals surface area contributed by atoms with Crippen LogP contribution in [0.2, 0.25) is 0 Å². The van der Waals surface area contributed by atoms with Gasteiger partial charge in [-0.1, -0.05) is 43.7 Å². The summed E-state index contributed by atoms with van der Waals surface area (Å²) in [4.78, 5) is 18.9. The number of benzene rings is 2. The summed E-state index contributed by atoms with van der Waals surface area (Å²) < 4.78 is 0. The molecular formula is C24H33N5O. The van der Waals surface area contributed by atoms with E-state index >= 15 is 0 Å². The topological polar surface area (TPSA) is 68.8 Å². The Hall–Kier alpha value is -3.02. The summed E-state index contributed by atoms with van der Waals surface area (Å²) in [6.07, 6.45) is 3.16. The molecule has 1 saturated heterocycles. The van der Waals surface area contributed by atoms with Crippen molar-refractivity contribution in [3.63, 3.8) is 0 Å². The molecule has 0 saturated carbocycles. The Morgan fingerprint density at radius 2 is 1.87 bits per heavy atom. The van der Waals surface area contributed by atoms with Crippen molar-refractivity contribution in [1.29, 1.82) is 0 Å². The SMILES string of the molecule is CCCCNC(=O)c1ccc(CNC(=NC)NC2CCN(c3ccccc3)C2)cc1. The second-order valence-corrected chi connectivity index (χ2v) is 7.64. The van der Waals surface area contributed by atoms with Crippen molar-refractivity contribution < 1.29 is 4.79 Å². The van der Waals surface area contributed by atoms with Gasteiger partial charge in [-0.05, 0) is 42.7 Å². The van der Waals surface area contributed by atoms with E-state index in [1.165, 1.54) is 5.69 Å². The first-order valence-electron chi connectivity index (χ1n) is 10.8. The molecular weight excluding hydrogens is 374 g/mol. The van der Waals surface area contributed by atoms with Crippen LogP contribution in [0.5, 0.6) is 0 Å². The van der Waals surface area contributed by atoms with E-state index in [0.717, 1.165) is 50.4 Å². The zero-order valence-electron chi connectivity index (χ0n) is 18.0. The molecule has 1 fully saturated rings. The van der Waals surface area contributed by atoms with Crippen molar-refractivity contribution in [1.82, 2.24) is 16.0 Å². The van der Waals surface area contributed by atoms with Crippen molar-refractivity contribution in [3.05, 3.63) is 65.7 Å². The summed E-state index contributed by atoms with van der Waals surface area (Å²) >= 11 is 0. The molecule has 0 aliphatic carbocycles. The second kappa shape index (κ2) is 11.2. The van der Waals surface area contributed by atoms with Gasteiger partial charge in [-0.3, -0.25) is 9.79 Å². The summed E-state index contributed by atoms with van der Waals surface area (Å²) in [5.41, 5.74) is 3.08. The van der Waals surface area contributed by atoms with E-state index < -0.39 is 0 Å². The zero-order valence-corrected chi connectivity index (χ0v) is 18.0. The van der Waals surface area contributed by atoms with Crippen LogP contribution in [0.15, 0.2) is 59.6 Å². The van der Waals surface area contributed by atoms with Gasteiger partial charge in [-0.25, -0.2) is 0 Å². The Morgan fingerprint density at radius 1 is 1.10 bits per heavy atom. The van der Waals surface area contributed by atoms with E-state index in [9.17, 15) is 4.79 Å². The highest BCUT2D eigenvalue weighted by atomic mass is 16.1. The fourth-order valence-electron chi connectivity index (χ4n) is 3.58. The first-order chi connectivity index (χ1) is 14.7. The number of anilines is 1. The molecule has 3 N–H and O–H groups in total. The molecule has 1 unspecified atom stereocenters. The van der Waals surface area contributed by atoms with Crippen LogP contribution in [0.1, 0.15) is 42.1 Å². The van der Waals surface area contributed by atoms with Crippen LogP contribution in [-0.2, 0) is 6.54 Å². The molecule has 2 aromatic rings. The Kier molecular flexibility index (Phi) is 8.12. The van der Waals surface area contributed by atoms with Gasteiger partial charge in [-0.15, -0.1) is 0 Å². The molecule has 0 bridgehead atoms. The number of unbranched alkanes of at least 4 members (excludes halogenated alkanes) is 1. The lowest BCUT2D eigenvalue weighted by atomic mass is 10.1. The van der Waals surface area contributed by atoms with E-state index in [1.807, 2.05) is 30.3 Å². The summed E-state index contributed by atoms with van der Waals surface area (Å²) in [5.74, 6) is 0.793. The first-order valence-corrected chi connectivity index (χ1v) is 10.8. The first kappa shape index (κ1) is 21.7. The molecule has 1 aliphatic heterocycles. The monoisotopic (exact) mass is 407 g/mol. The predicted octanol–water partition coefficient (Wildman–Crippen LogP) is 3.16. The normalized spacial score (nSPS) is 16.4. The van der Waals surface area contributed by atoms with E-state index in [-0.39, 0.29) is 5.91 Å². The number of rotatable bonds is 8. The second-order valence-electron chi connectivity index (χ2n) is 7.64. The third-order valence-electron chi connectivity index (χ3n) is 5.37. The summed E-state index contributed by atoms with van der Waals surface area (Å²) in [6, 6.07) is 18.6. The fourth-order valence-corrected chi connectivity index (χ4v) is 3.58. The van der Waals surface area contributed by atoms with Crippen molar-refractivity contribution in [2.24, 2.45) is 4.99 Å². The van der Waals surface area contributed by atoms with Crippen LogP contribution in [0.3, 0.4) is 0 Å². The highest BCUT2D eigenvalue weighted by Crippen LogP contribution is 2.19. The van der Waals surface area contributed by atoms with Crippen LogP contribution < -0.4 is 20.9 Å². The Labute approximate surface area is 179 Å². The minimum absolute atomic E-state index is 0.00959. The maximum absolute atomic E-state index is 12.1. The van der Waals surface area contributed by atoms with Crippen molar-refractivity contribution in [2.45, 2.75) is 38.8 Å². The lowest BCUT2D eigenvalue weighted by molar-refractivity contribution is 0.0953.